The van der Waals surface area contributed by atoms with Gasteiger partial charge in [-0.3, -0.25) is 4.79 Å². The van der Waals surface area contributed by atoms with Crippen molar-refractivity contribution in [2.45, 2.75) is 6.92 Å². The molecule has 0 unspecified atom stereocenters. The molecule has 1 aromatic rings. The van der Waals surface area contributed by atoms with Crippen molar-refractivity contribution < 1.29 is 9.90 Å². The molecule has 0 fully saturated rings. The third kappa shape index (κ3) is 4.69. The number of hydrogen-bond donors (Lipinski definition) is 1. The van der Waals surface area contributed by atoms with Crippen molar-refractivity contribution in [1.82, 2.24) is 9.80 Å². The van der Waals surface area contributed by atoms with Gasteiger partial charge in [-0.25, -0.2) is 0 Å². The molecule has 1 amide bonds. The number of benzene rings is 1. The van der Waals surface area contributed by atoms with Gasteiger partial charge in [-0.2, -0.15) is 0 Å². The summed E-state index contributed by atoms with van der Waals surface area (Å²) in [7, 11) is 5.74. The largest absolute Gasteiger partial charge is 0.384 e. The Labute approximate surface area is 121 Å². The number of aryl methyl sites for hydroxylation is 1. The molecule has 0 saturated carbocycles. The van der Waals surface area contributed by atoms with Crippen molar-refractivity contribution in [2.24, 2.45) is 0 Å². The predicted molar refractivity (Wildman–Crippen MR) is 80.7 cm³/mol. The van der Waals surface area contributed by atoms with Crippen LogP contribution in [0, 0.1) is 18.8 Å². The quantitative estimate of drug-likeness (QED) is 0.832. The molecule has 1 aromatic carbocycles. The summed E-state index contributed by atoms with van der Waals surface area (Å²) in [6, 6.07) is 5.57. The molecule has 0 radical (unpaired) electrons. The molecule has 0 aliphatic heterocycles. The molecular formula is C16H22N2O2. The van der Waals surface area contributed by atoms with Crippen LogP contribution in [0.15, 0.2) is 18.2 Å². The first-order valence-corrected chi connectivity index (χ1v) is 6.56. The SMILES string of the molecule is Cc1ccc(C(=O)N(C)CCN(C)C)c(C#CCO)c1. The van der Waals surface area contributed by atoms with E-state index in [2.05, 4.69) is 11.8 Å². The highest BCUT2D eigenvalue weighted by atomic mass is 16.2. The lowest BCUT2D eigenvalue weighted by Crippen LogP contribution is -2.33. The van der Waals surface area contributed by atoms with Crippen LogP contribution in [0.4, 0.5) is 0 Å². The second-order valence-corrected chi connectivity index (χ2v) is 5.04. The van der Waals surface area contributed by atoms with Gasteiger partial charge in [0.25, 0.3) is 5.91 Å². The molecule has 4 nitrogen and oxygen atoms in total. The number of carbonyl (C=O) groups is 1. The van der Waals surface area contributed by atoms with Crippen LogP contribution < -0.4 is 0 Å². The predicted octanol–water partition coefficient (Wildman–Crippen LogP) is 0.972. The third-order valence-corrected chi connectivity index (χ3v) is 2.94. The number of likely N-dealkylation sites (N-methyl/N-ethyl adjacent to an activating group) is 2. The number of carbonyl (C=O) groups excluding carboxylic acids is 1. The van der Waals surface area contributed by atoms with Gasteiger partial charge in [0.2, 0.25) is 0 Å². The highest BCUT2D eigenvalue weighted by Crippen LogP contribution is 2.13. The van der Waals surface area contributed by atoms with Crippen LogP contribution in [0.25, 0.3) is 0 Å². The van der Waals surface area contributed by atoms with Crippen molar-refractivity contribution in [3.05, 3.63) is 34.9 Å². The summed E-state index contributed by atoms with van der Waals surface area (Å²) in [5, 5.41) is 8.81. The van der Waals surface area contributed by atoms with Gasteiger partial charge in [0, 0.05) is 25.7 Å². The first kappa shape index (κ1) is 16.2. The number of hydrogen-bond acceptors (Lipinski definition) is 3. The summed E-state index contributed by atoms with van der Waals surface area (Å²) >= 11 is 0. The molecule has 1 rings (SSSR count). The van der Waals surface area contributed by atoms with E-state index in [0.717, 1.165) is 12.1 Å². The molecule has 0 atom stereocenters. The minimum Gasteiger partial charge on any atom is -0.384 e. The first-order valence-electron chi connectivity index (χ1n) is 6.56. The summed E-state index contributed by atoms with van der Waals surface area (Å²) < 4.78 is 0. The maximum absolute atomic E-state index is 12.4. The fourth-order valence-corrected chi connectivity index (χ4v) is 1.74. The second-order valence-electron chi connectivity index (χ2n) is 5.04. The van der Waals surface area contributed by atoms with Crippen LogP contribution >= 0.6 is 0 Å². The molecule has 4 heteroatoms. The maximum Gasteiger partial charge on any atom is 0.254 e. The van der Waals surface area contributed by atoms with Gasteiger partial charge in [-0.15, -0.1) is 0 Å². The molecule has 108 valence electrons. The lowest BCUT2D eigenvalue weighted by molar-refractivity contribution is 0.0786. The van der Waals surface area contributed by atoms with E-state index < -0.39 is 0 Å². The second kappa shape index (κ2) is 7.68. The molecule has 0 aromatic heterocycles. The Balaban J connectivity index is 2.97. The Bertz CT molecular complexity index is 527. The zero-order valence-corrected chi connectivity index (χ0v) is 12.6. The van der Waals surface area contributed by atoms with Crippen LogP contribution in [0.2, 0.25) is 0 Å². The smallest absolute Gasteiger partial charge is 0.254 e. The summed E-state index contributed by atoms with van der Waals surface area (Å²) in [4.78, 5) is 16.2. The van der Waals surface area contributed by atoms with E-state index in [1.54, 1.807) is 18.0 Å². The van der Waals surface area contributed by atoms with Gasteiger partial charge in [0.1, 0.15) is 6.61 Å². The number of rotatable bonds is 4. The standard InChI is InChI=1S/C16H22N2O2/c1-13-7-8-15(14(12-13)6-5-11-19)16(20)18(4)10-9-17(2)3/h7-8,12,19H,9-11H2,1-4H3. The lowest BCUT2D eigenvalue weighted by Gasteiger charge is -2.20. The summed E-state index contributed by atoms with van der Waals surface area (Å²) in [6.45, 7) is 3.21. The van der Waals surface area contributed by atoms with Crippen molar-refractivity contribution in [1.29, 1.82) is 0 Å². The van der Waals surface area contributed by atoms with E-state index in [1.807, 2.05) is 38.1 Å². The Hall–Kier alpha value is -1.83. The molecule has 0 saturated heterocycles. The van der Waals surface area contributed by atoms with Crippen LogP contribution in [0.5, 0.6) is 0 Å². The summed E-state index contributed by atoms with van der Waals surface area (Å²) in [5.74, 6) is 5.40. The molecule has 0 spiro atoms. The normalized spacial score (nSPS) is 10.1. The zero-order chi connectivity index (χ0) is 15.1. The lowest BCUT2D eigenvalue weighted by atomic mass is 10.0. The van der Waals surface area contributed by atoms with E-state index in [9.17, 15) is 4.79 Å². The van der Waals surface area contributed by atoms with Crippen LogP contribution in [-0.2, 0) is 0 Å². The summed E-state index contributed by atoms with van der Waals surface area (Å²) in [6.07, 6.45) is 0. The van der Waals surface area contributed by atoms with Gasteiger partial charge in [-0.1, -0.05) is 17.9 Å². The first-order chi connectivity index (χ1) is 9.45. The Morgan fingerprint density at radius 3 is 2.55 bits per heavy atom. The highest BCUT2D eigenvalue weighted by molar-refractivity contribution is 5.96. The Kier molecular flexibility index (Phi) is 6.23. The highest BCUT2D eigenvalue weighted by Gasteiger charge is 2.15. The molecular weight excluding hydrogens is 252 g/mol. The summed E-state index contributed by atoms with van der Waals surface area (Å²) in [5.41, 5.74) is 2.29. The van der Waals surface area contributed by atoms with Crippen LogP contribution in [0.1, 0.15) is 21.5 Å². The van der Waals surface area contributed by atoms with Gasteiger partial charge < -0.3 is 14.9 Å². The van der Waals surface area contributed by atoms with E-state index >= 15 is 0 Å². The minimum absolute atomic E-state index is 0.0471. The zero-order valence-electron chi connectivity index (χ0n) is 12.6. The average molecular weight is 274 g/mol. The van der Waals surface area contributed by atoms with Gasteiger partial charge >= 0.3 is 0 Å². The van der Waals surface area contributed by atoms with Crippen LogP contribution in [0.3, 0.4) is 0 Å². The topological polar surface area (TPSA) is 43.8 Å². The van der Waals surface area contributed by atoms with E-state index in [4.69, 9.17) is 5.11 Å². The van der Waals surface area contributed by atoms with Crippen LogP contribution in [-0.4, -0.2) is 61.7 Å². The van der Waals surface area contributed by atoms with Crippen molar-refractivity contribution >= 4 is 5.91 Å². The monoisotopic (exact) mass is 274 g/mol. The number of aliphatic hydroxyl groups is 1. The molecule has 0 heterocycles. The van der Waals surface area contributed by atoms with Crippen molar-refractivity contribution in [3.8, 4) is 11.8 Å². The number of nitrogens with zero attached hydrogens (tertiary/aromatic N) is 2. The Morgan fingerprint density at radius 1 is 1.25 bits per heavy atom. The van der Waals surface area contributed by atoms with E-state index in [0.29, 0.717) is 17.7 Å². The van der Waals surface area contributed by atoms with Gasteiger partial charge in [0.05, 0.1) is 5.56 Å². The fraction of sp³-hybridized carbons (Fsp3) is 0.438. The Morgan fingerprint density at radius 2 is 1.95 bits per heavy atom. The molecule has 1 N–H and O–H groups in total. The van der Waals surface area contributed by atoms with E-state index in [1.165, 1.54) is 0 Å². The molecule has 20 heavy (non-hydrogen) atoms. The van der Waals surface area contributed by atoms with Crippen molar-refractivity contribution in [2.75, 3.05) is 40.8 Å². The number of aliphatic hydroxyl groups excluding tert-OH is 1. The minimum atomic E-state index is -0.210. The maximum atomic E-state index is 12.4. The molecule has 0 bridgehead atoms. The fourth-order valence-electron chi connectivity index (χ4n) is 1.74. The van der Waals surface area contributed by atoms with Gasteiger partial charge in [0.15, 0.2) is 0 Å². The van der Waals surface area contributed by atoms with Crippen molar-refractivity contribution in [3.63, 3.8) is 0 Å². The third-order valence-electron chi connectivity index (χ3n) is 2.94. The molecule has 0 aliphatic rings. The van der Waals surface area contributed by atoms with Gasteiger partial charge in [-0.05, 0) is 38.7 Å². The van der Waals surface area contributed by atoms with E-state index in [-0.39, 0.29) is 12.5 Å². The average Bonchev–Trinajstić information content (AvgIpc) is 2.41. The number of amides is 1. The molecule has 0 aliphatic carbocycles.